The fraction of sp³-hybridized carbons (Fsp3) is 0. The third-order valence-corrected chi connectivity index (χ3v) is 9.54. The lowest BCUT2D eigenvalue weighted by molar-refractivity contribution is 1.08. The van der Waals surface area contributed by atoms with Crippen molar-refractivity contribution in [3.63, 3.8) is 0 Å². The van der Waals surface area contributed by atoms with Gasteiger partial charge in [-0.05, 0) is 103 Å². The van der Waals surface area contributed by atoms with E-state index in [1.165, 1.54) is 32.3 Å². The first kappa shape index (κ1) is 28.2. The van der Waals surface area contributed by atoms with Gasteiger partial charge in [0.25, 0.3) is 0 Å². The first-order valence-corrected chi connectivity index (χ1v) is 16.6. The van der Waals surface area contributed by atoms with E-state index in [0.717, 1.165) is 49.5 Å². The predicted octanol–water partition coefficient (Wildman–Crippen LogP) is 11.1. The third kappa shape index (κ3) is 5.00. The van der Waals surface area contributed by atoms with Crippen LogP contribution in [0.2, 0.25) is 0 Å². The van der Waals surface area contributed by atoms with Crippen LogP contribution in [0.3, 0.4) is 0 Å². The minimum absolute atomic E-state index is 0.626. The lowest BCUT2D eigenvalue weighted by Crippen LogP contribution is -2.00. The van der Waals surface area contributed by atoms with Crippen LogP contribution in [0, 0.1) is 0 Å². The Morgan fingerprint density at radius 3 is 1.28 bits per heavy atom. The maximum absolute atomic E-state index is 5.10. The van der Waals surface area contributed by atoms with Gasteiger partial charge in [-0.2, -0.15) is 0 Å². The van der Waals surface area contributed by atoms with Crippen molar-refractivity contribution < 1.29 is 0 Å². The van der Waals surface area contributed by atoms with Gasteiger partial charge >= 0.3 is 0 Å². The largest absolute Gasteiger partial charge is 0.244 e. The van der Waals surface area contributed by atoms with E-state index in [1.54, 1.807) is 6.33 Å². The summed E-state index contributed by atoms with van der Waals surface area (Å²) in [5.41, 5.74) is 5.93. The molecule has 10 rings (SSSR count). The summed E-state index contributed by atoms with van der Waals surface area (Å²) in [6.07, 6.45) is 3.42. The fourth-order valence-electron chi connectivity index (χ4n) is 6.90. The molecule has 0 saturated heterocycles. The number of rotatable bonds is 4. The zero-order valence-electron chi connectivity index (χ0n) is 26.8. The maximum atomic E-state index is 5.10. The molecule has 2 heterocycles. The fourth-order valence-corrected chi connectivity index (χ4v) is 6.90. The number of aromatic nitrogens is 5. The Labute approximate surface area is 287 Å². The van der Waals surface area contributed by atoms with Gasteiger partial charge in [0.2, 0.25) is 0 Å². The highest BCUT2D eigenvalue weighted by Crippen LogP contribution is 2.32. The standard InChI is InChI=1S/C45H27N5/c1-3-7-32-21-39-24-37(15-13-35(39)19-30(32)5-1)44-48-43(29-11-9-28(10-12-29)34-17-18-42-41(23-34)26-46-27-47-42)49-45(50-44)38-16-14-36-20-31-6-2-4-8-33(31)22-40(36)25-38/h1-27H. The molecule has 0 N–H and O–H groups in total. The molecule has 0 amide bonds. The zero-order valence-corrected chi connectivity index (χ0v) is 26.8. The molecular weight excluding hydrogens is 611 g/mol. The molecule has 0 radical (unpaired) electrons. The van der Waals surface area contributed by atoms with E-state index in [0.29, 0.717) is 17.5 Å². The van der Waals surface area contributed by atoms with Gasteiger partial charge in [0, 0.05) is 28.3 Å². The van der Waals surface area contributed by atoms with Crippen molar-refractivity contribution in [2.45, 2.75) is 0 Å². The molecule has 0 atom stereocenters. The molecule has 10 aromatic rings. The van der Waals surface area contributed by atoms with Gasteiger partial charge in [0.15, 0.2) is 17.5 Å². The topological polar surface area (TPSA) is 64.5 Å². The Hall–Kier alpha value is -6.85. The van der Waals surface area contributed by atoms with Crippen LogP contribution in [-0.2, 0) is 0 Å². The van der Waals surface area contributed by atoms with Crippen molar-refractivity contribution in [3.8, 4) is 45.3 Å². The van der Waals surface area contributed by atoms with E-state index in [2.05, 4.69) is 156 Å². The summed E-state index contributed by atoms with van der Waals surface area (Å²) in [4.78, 5) is 23.8. The number of benzene rings is 8. The number of nitrogens with zero attached hydrogens (tertiary/aromatic N) is 5. The normalized spacial score (nSPS) is 11.6. The monoisotopic (exact) mass is 637 g/mol. The summed E-state index contributed by atoms with van der Waals surface area (Å²) < 4.78 is 0. The molecule has 0 aliphatic carbocycles. The SMILES string of the molecule is c1ccc2cc3cc(-c4nc(-c5ccc(-c6ccc7ncncc7c6)cc5)nc(-c5ccc6cc7ccccc7cc6c5)n4)ccc3cc2c1. The second-order valence-corrected chi connectivity index (χ2v) is 12.7. The van der Waals surface area contributed by atoms with Crippen molar-refractivity contribution in [3.05, 3.63) is 164 Å². The summed E-state index contributed by atoms with van der Waals surface area (Å²) in [5, 5.41) is 10.5. The van der Waals surface area contributed by atoms with Gasteiger partial charge in [-0.1, -0.05) is 103 Å². The van der Waals surface area contributed by atoms with E-state index < -0.39 is 0 Å². The predicted molar refractivity (Wildman–Crippen MR) is 205 cm³/mol. The molecule has 5 nitrogen and oxygen atoms in total. The summed E-state index contributed by atoms with van der Waals surface area (Å²) in [5.74, 6) is 1.90. The van der Waals surface area contributed by atoms with Crippen LogP contribution < -0.4 is 0 Å². The van der Waals surface area contributed by atoms with Crippen molar-refractivity contribution in [2.75, 3.05) is 0 Å². The van der Waals surface area contributed by atoms with Gasteiger partial charge in [0.05, 0.1) is 5.52 Å². The van der Waals surface area contributed by atoms with Gasteiger partial charge in [-0.15, -0.1) is 0 Å². The Morgan fingerprint density at radius 1 is 0.300 bits per heavy atom. The molecule has 232 valence electrons. The Bertz CT molecular complexity index is 2800. The highest BCUT2D eigenvalue weighted by atomic mass is 15.0. The molecule has 5 heteroatoms. The highest BCUT2D eigenvalue weighted by Gasteiger charge is 2.14. The van der Waals surface area contributed by atoms with Gasteiger partial charge < -0.3 is 0 Å². The lowest BCUT2D eigenvalue weighted by Gasteiger charge is -2.11. The Balaban J connectivity index is 1.11. The lowest BCUT2D eigenvalue weighted by atomic mass is 10.0. The van der Waals surface area contributed by atoms with Crippen LogP contribution in [0.15, 0.2) is 164 Å². The average Bonchev–Trinajstić information content (AvgIpc) is 3.18. The van der Waals surface area contributed by atoms with E-state index >= 15 is 0 Å². The van der Waals surface area contributed by atoms with Crippen molar-refractivity contribution in [2.24, 2.45) is 0 Å². The Kier molecular flexibility index (Phi) is 6.42. The molecular formula is C45H27N5. The molecule has 50 heavy (non-hydrogen) atoms. The summed E-state index contributed by atoms with van der Waals surface area (Å²) in [7, 11) is 0. The second kappa shape index (κ2) is 11.4. The average molecular weight is 638 g/mol. The van der Waals surface area contributed by atoms with Crippen LogP contribution in [0.25, 0.3) is 99.3 Å². The smallest absolute Gasteiger partial charge is 0.164 e. The second-order valence-electron chi connectivity index (χ2n) is 12.7. The molecule has 0 fully saturated rings. The van der Waals surface area contributed by atoms with E-state index in [9.17, 15) is 0 Å². The van der Waals surface area contributed by atoms with Crippen LogP contribution in [0.5, 0.6) is 0 Å². The molecule has 2 aromatic heterocycles. The van der Waals surface area contributed by atoms with Gasteiger partial charge in [-0.25, -0.2) is 24.9 Å². The van der Waals surface area contributed by atoms with Crippen molar-refractivity contribution in [1.29, 1.82) is 0 Å². The third-order valence-electron chi connectivity index (χ3n) is 9.54. The summed E-state index contributed by atoms with van der Waals surface area (Å²) in [6.45, 7) is 0. The minimum atomic E-state index is 0.626. The van der Waals surface area contributed by atoms with E-state index in [4.69, 9.17) is 15.0 Å². The Morgan fingerprint density at radius 2 is 0.720 bits per heavy atom. The molecule has 0 aliphatic heterocycles. The first-order valence-electron chi connectivity index (χ1n) is 16.6. The van der Waals surface area contributed by atoms with Crippen molar-refractivity contribution >= 4 is 54.0 Å². The van der Waals surface area contributed by atoms with E-state index in [1.807, 2.05) is 12.3 Å². The summed E-state index contributed by atoms with van der Waals surface area (Å²) in [6, 6.07) is 53.4. The quantitative estimate of drug-likeness (QED) is 0.180. The van der Waals surface area contributed by atoms with Gasteiger partial charge in [-0.3, -0.25) is 0 Å². The van der Waals surface area contributed by atoms with Crippen LogP contribution in [-0.4, -0.2) is 24.9 Å². The van der Waals surface area contributed by atoms with Crippen LogP contribution >= 0.6 is 0 Å². The molecule has 0 aliphatic rings. The van der Waals surface area contributed by atoms with E-state index in [-0.39, 0.29) is 0 Å². The first-order chi connectivity index (χ1) is 24.7. The molecule has 0 saturated carbocycles. The number of hydrogen-bond acceptors (Lipinski definition) is 5. The highest BCUT2D eigenvalue weighted by molar-refractivity contribution is 6.01. The number of fused-ring (bicyclic) bond motifs is 5. The minimum Gasteiger partial charge on any atom is -0.244 e. The zero-order chi connectivity index (χ0) is 33.0. The number of hydrogen-bond donors (Lipinski definition) is 0. The molecule has 0 spiro atoms. The maximum Gasteiger partial charge on any atom is 0.164 e. The van der Waals surface area contributed by atoms with Crippen LogP contribution in [0.4, 0.5) is 0 Å². The van der Waals surface area contributed by atoms with Crippen molar-refractivity contribution in [1.82, 2.24) is 24.9 Å². The van der Waals surface area contributed by atoms with Crippen LogP contribution in [0.1, 0.15) is 0 Å². The van der Waals surface area contributed by atoms with Gasteiger partial charge in [0.1, 0.15) is 6.33 Å². The molecule has 0 unspecified atom stereocenters. The summed E-state index contributed by atoms with van der Waals surface area (Å²) >= 11 is 0. The molecule has 0 bridgehead atoms. The molecule has 8 aromatic carbocycles.